The Balaban J connectivity index is 0.00000231. The Labute approximate surface area is 206 Å². The molecular weight excluding hydrogens is 474 g/mol. The molecule has 0 bridgehead atoms. The van der Waals surface area contributed by atoms with Gasteiger partial charge < -0.3 is 14.5 Å². The summed E-state index contributed by atoms with van der Waals surface area (Å²) in [7, 11) is -4.86. The summed E-state index contributed by atoms with van der Waals surface area (Å²) in [5, 5.41) is 1.16. The van der Waals surface area contributed by atoms with Crippen LogP contribution < -0.4 is 40.4 Å². The van der Waals surface area contributed by atoms with Gasteiger partial charge >= 0.3 is 29.6 Å². The van der Waals surface area contributed by atoms with Crippen molar-refractivity contribution in [1.29, 1.82) is 0 Å². The van der Waals surface area contributed by atoms with Gasteiger partial charge in [-0.3, -0.25) is 9.59 Å². The van der Waals surface area contributed by atoms with E-state index in [0.29, 0.717) is 32.3 Å². The third kappa shape index (κ3) is 3.58. The smallest absolute Gasteiger partial charge is 0.744 e. The minimum Gasteiger partial charge on any atom is -0.744 e. The minimum absolute atomic E-state index is 0. The van der Waals surface area contributed by atoms with E-state index in [1.807, 2.05) is 0 Å². The Hall–Kier alpha value is -1.91. The molecule has 0 spiro atoms. The second-order valence-corrected chi connectivity index (χ2v) is 9.02. The molecule has 0 aliphatic carbocycles. The van der Waals surface area contributed by atoms with Gasteiger partial charge in [0.15, 0.2) is 10.9 Å². The maximum atomic E-state index is 13.1. The predicted molar refractivity (Wildman–Crippen MR) is 116 cm³/mol. The van der Waals surface area contributed by atoms with Crippen LogP contribution in [0.15, 0.2) is 56.9 Å². The molecule has 31 heavy (non-hydrogen) atoms. The molecule has 0 aliphatic rings. The molecule has 5 rings (SSSR count). The molecule has 0 fully saturated rings. The van der Waals surface area contributed by atoms with Crippen LogP contribution in [0, 0.1) is 0 Å². The molecule has 0 aliphatic heterocycles. The number of fused-ring (bicyclic) bond motifs is 4. The molecule has 0 saturated heterocycles. The molecule has 5 aromatic rings. The van der Waals surface area contributed by atoms with Gasteiger partial charge in [-0.2, -0.15) is 0 Å². The van der Waals surface area contributed by atoms with Gasteiger partial charge in [-0.25, -0.2) is 8.42 Å². The van der Waals surface area contributed by atoms with Crippen LogP contribution in [0.25, 0.3) is 43.6 Å². The molecule has 0 saturated carbocycles. The van der Waals surface area contributed by atoms with Crippen LogP contribution >= 0.6 is 23.2 Å². The van der Waals surface area contributed by atoms with Gasteiger partial charge in [-0.15, -0.1) is 0 Å². The molecule has 2 aromatic heterocycles. The maximum Gasteiger partial charge on any atom is 1.00 e. The van der Waals surface area contributed by atoms with E-state index >= 15 is 0 Å². The molecule has 0 radical (unpaired) electrons. The first-order chi connectivity index (χ1) is 14.1. The average Bonchev–Trinajstić information content (AvgIpc) is 2.66. The third-order valence-electron chi connectivity index (χ3n) is 5.00. The van der Waals surface area contributed by atoms with Crippen LogP contribution in [0.3, 0.4) is 0 Å². The van der Waals surface area contributed by atoms with Crippen molar-refractivity contribution in [2.24, 2.45) is 0 Å². The maximum absolute atomic E-state index is 13.1. The summed E-state index contributed by atoms with van der Waals surface area (Å²) in [5.74, 6) is 0. The van der Waals surface area contributed by atoms with Crippen LogP contribution in [0.1, 0.15) is 0 Å². The number of H-pyrrole nitrogens is 2. The van der Waals surface area contributed by atoms with Crippen molar-refractivity contribution in [2.75, 3.05) is 0 Å². The van der Waals surface area contributed by atoms with Gasteiger partial charge in [0.25, 0.3) is 0 Å². The van der Waals surface area contributed by atoms with Crippen LogP contribution in [0.4, 0.5) is 0 Å². The zero-order valence-corrected chi connectivity index (χ0v) is 20.1. The quantitative estimate of drug-likeness (QED) is 0.208. The number of rotatable bonds is 1. The summed E-state index contributed by atoms with van der Waals surface area (Å²) in [6.07, 6.45) is 0. The molecule has 0 amide bonds. The third-order valence-corrected chi connectivity index (χ3v) is 6.53. The molecule has 0 atom stereocenters. The average molecular weight is 483 g/mol. The van der Waals surface area contributed by atoms with Crippen LogP contribution in [0.5, 0.6) is 0 Å². The van der Waals surface area contributed by atoms with Crippen molar-refractivity contribution in [3.05, 3.63) is 73.0 Å². The van der Waals surface area contributed by atoms with Crippen molar-refractivity contribution in [2.45, 2.75) is 4.90 Å². The van der Waals surface area contributed by atoms with E-state index < -0.39 is 20.4 Å². The van der Waals surface area contributed by atoms with Crippen molar-refractivity contribution >= 4 is 76.9 Å². The molecule has 2 heterocycles. The Morgan fingerprint density at radius 2 is 1.19 bits per heavy atom. The fraction of sp³-hybridized carbons (Fsp3) is 0. The number of hydrogen-bond donors (Lipinski definition) is 2. The van der Waals surface area contributed by atoms with Crippen LogP contribution in [0.2, 0.25) is 10.0 Å². The first-order valence-electron chi connectivity index (χ1n) is 8.54. The van der Waals surface area contributed by atoms with Gasteiger partial charge in [-0.05, 0) is 42.5 Å². The predicted octanol–water partition coefficient (Wildman–Crippen LogP) is 0.891. The van der Waals surface area contributed by atoms with Crippen LogP contribution in [-0.4, -0.2) is 22.9 Å². The SMILES string of the molecule is O=c1c2ccc(Cl)cc2[nH]c2cc3c(=O)c4cc(S(=O)(=O)[O-])c(Cl)cc4[nH]c3cc12.[Na+]. The summed E-state index contributed by atoms with van der Waals surface area (Å²) in [4.78, 5) is 31.4. The number of pyridine rings is 2. The second-order valence-electron chi connectivity index (χ2n) is 6.82. The molecule has 2 N–H and O–H groups in total. The fourth-order valence-electron chi connectivity index (χ4n) is 3.62. The minimum atomic E-state index is -4.86. The summed E-state index contributed by atoms with van der Waals surface area (Å²) < 4.78 is 34.3. The van der Waals surface area contributed by atoms with E-state index in [1.54, 1.807) is 24.3 Å². The molecule has 3 aromatic carbocycles. The second kappa shape index (κ2) is 7.60. The van der Waals surface area contributed by atoms with Gasteiger partial charge in [0.1, 0.15) is 10.1 Å². The normalized spacial score (nSPS) is 12.0. The zero-order chi connectivity index (χ0) is 21.4. The first-order valence-corrected chi connectivity index (χ1v) is 10.7. The molecule has 150 valence electrons. The van der Waals surface area contributed by atoms with Gasteiger partial charge in [0.05, 0.1) is 32.0 Å². The van der Waals surface area contributed by atoms with E-state index in [1.165, 1.54) is 12.1 Å². The summed E-state index contributed by atoms with van der Waals surface area (Å²) in [6.45, 7) is 0. The number of halogens is 2. The fourth-order valence-corrected chi connectivity index (χ4v) is 4.80. The van der Waals surface area contributed by atoms with E-state index in [9.17, 15) is 22.6 Å². The Bertz CT molecular complexity index is 1800. The molecule has 11 heteroatoms. The Kier molecular flexibility index (Phi) is 5.46. The van der Waals surface area contributed by atoms with Crippen molar-refractivity contribution in [3.63, 3.8) is 0 Å². The number of aromatic nitrogens is 2. The summed E-state index contributed by atoms with van der Waals surface area (Å²) >= 11 is 11.9. The monoisotopic (exact) mass is 482 g/mol. The van der Waals surface area contributed by atoms with E-state index in [-0.39, 0.29) is 56.3 Å². The molecular formula is C20H9Cl2N2NaO5S. The van der Waals surface area contributed by atoms with Gasteiger partial charge in [-0.1, -0.05) is 23.2 Å². The first kappa shape index (κ1) is 22.3. The van der Waals surface area contributed by atoms with Crippen molar-refractivity contribution in [3.8, 4) is 0 Å². The summed E-state index contributed by atoms with van der Waals surface area (Å²) in [6, 6.07) is 10.1. The summed E-state index contributed by atoms with van der Waals surface area (Å²) in [5.41, 5.74) is 0.806. The van der Waals surface area contributed by atoms with Crippen LogP contribution in [-0.2, 0) is 10.1 Å². The number of benzene rings is 3. The van der Waals surface area contributed by atoms with Gasteiger partial charge in [0, 0.05) is 26.6 Å². The zero-order valence-electron chi connectivity index (χ0n) is 15.7. The van der Waals surface area contributed by atoms with E-state index in [0.717, 1.165) is 6.07 Å². The largest absolute Gasteiger partial charge is 1.00 e. The number of hydrogen-bond acceptors (Lipinski definition) is 5. The molecule has 7 nitrogen and oxygen atoms in total. The number of nitrogens with one attached hydrogen (secondary N) is 2. The topological polar surface area (TPSA) is 123 Å². The Morgan fingerprint density at radius 3 is 1.77 bits per heavy atom. The van der Waals surface area contributed by atoms with Gasteiger partial charge in [0.2, 0.25) is 0 Å². The van der Waals surface area contributed by atoms with E-state index in [4.69, 9.17) is 23.2 Å². The Morgan fingerprint density at radius 1 is 0.710 bits per heavy atom. The van der Waals surface area contributed by atoms with E-state index in [2.05, 4.69) is 9.97 Å². The van der Waals surface area contributed by atoms with Crippen molar-refractivity contribution < 1.29 is 42.5 Å². The molecule has 0 unspecified atom stereocenters. The van der Waals surface area contributed by atoms with Crippen molar-refractivity contribution in [1.82, 2.24) is 9.97 Å². The number of aromatic amines is 2. The standard InChI is InChI=1S/C20H10Cl2N2O5S.Na/c21-8-1-2-9-14(3-8)23-15-5-11-16(4-10(15)19(9)25)24-17-7-13(22)18(30(27,28)29)6-12(17)20(11)26;/h1-7H,(H,23,25)(H,24,26)(H,27,28,29);/q;+1/p-1.